The molecule has 0 spiro atoms. The van der Waals surface area contributed by atoms with Crippen LogP contribution in [-0.2, 0) is 0 Å². The Hall–Kier alpha value is -3.87. The summed E-state index contributed by atoms with van der Waals surface area (Å²) in [6.07, 6.45) is 7.04. The molecule has 3 heterocycles. The van der Waals surface area contributed by atoms with Crippen LogP contribution in [0, 0.1) is 5.82 Å². The molecule has 0 unspecified atom stereocenters. The Morgan fingerprint density at radius 2 is 1.70 bits per heavy atom. The number of nitrogens with two attached hydrogens (primary N) is 1. The number of nitrogen functional groups attached to an aromatic ring is 1. The maximum atomic E-state index is 16.0. The van der Waals surface area contributed by atoms with Gasteiger partial charge in [0.05, 0.1) is 17.1 Å². The van der Waals surface area contributed by atoms with Gasteiger partial charge in [0, 0.05) is 16.5 Å². The molecule has 1 aliphatic rings. The molecule has 0 saturated heterocycles. The lowest BCUT2D eigenvalue weighted by molar-refractivity contribution is 0.336. The van der Waals surface area contributed by atoms with Crippen LogP contribution >= 0.6 is 0 Å². The first kappa shape index (κ1) is 19.8. The number of anilines is 1. The minimum absolute atomic E-state index is 0.232. The van der Waals surface area contributed by atoms with Crippen molar-refractivity contribution >= 4 is 27.8 Å². The van der Waals surface area contributed by atoms with Gasteiger partial charge in [0.2, 0.25) is 0 Å². The van der Waals surface area contributed by atoms with Crippen molar-refractivity contribution in [2.45, 2.75) is 38.1 Å². The summed E-state index contributed by atoms with van der Waals surface area (Å²) in [6, 6.07) is 17.4. The summed E-state index contributed by atoms with van der Waals surface area (Å²) in [5, 5.41) is 6.19. The van der Waals surface area contributed by atoms with Crippen molar-refractivity contribution in [2.24, 2.45) is 0 Å². The number of hydrogen-bond donors (Lipinski definition) is 1. The van der Waals surface area contributed by atoms with E-state index in [0.717, 1.165) is 42.3 Å². The van der Waals surface area contributed by atoms with Gasteiger partial charge in [-0.1, -0.05) is 61.7 Å². The second-order valence-corrected chi connectivity index (χ2v) is 8.60. The maximum Gasteiger partial charge on any atom is 0.164 e. The van der Waals surface area contributed by atoms with Crippen LogP contribution in [0.3, 0.4) is 0 Å². The van der Waals surface area contributed by atoms with E-state index in [2.05, 4.69) is 15.0 Å². The SMILES string of the molecule is Nc1ncnc2c1c(-c1ccc3ccc(-c4ccccc4)nc3c1F)nn2C1CCCCC1. The zero-order chi connectivity index (χ0) is 22.4. The summed E-state index contributed by atoms with van der Waals surface area (Å²) in [5.41, 5.74) is 9.72. The molecule has 0 bridgehead atoms. The smallest absolute Gasteiger partial charge is 0.164 e. The zero-order valence-electron chi connectivity index (χ0n) is 18.1. The van der Waals surface area contributed by atoms with Crippen molar-refractivity contribution in [1.29, 1.82) is 0 Å². The second-order valence-electron chi connectivity index (χ2n) is 8.60. The Balaban J connectivity index is 1.56. The first-order valence-electron chi connectivity index (χ1n) is 11.3. The van der Waals surface area contributed by atoms with Gasteiger partial charge >= 0.3 is 0 Å². The molecule has 3 aromatic heterocycles. The molecule has 1 fully saturated rings. The topological polar surface area (TPSA) is 82.5 Å². The summed E-state index contributed by atoms with van der Waals surface area (Å²) in [5.74, 6) is -0.105. The van der Waals surface area contributed by atoms with Crippen LogP contribution in [0.15, 0.2) is 60.9 Å². The summed E-state index contributed by atoms with van der Waals surface area (Å²) in [4.78, 5) is 13.3. The normalized spacial score (nSPS) is 14.8. The van der Waals surface area contributed by atoms with Crippen molar-refractivity contribution in [3.05, 3.63) is 66.7 Å². The number of pyridine rings is 1. The molecule has 1 saturated carbocycles. The van der Waals surface area contributed by atoms with Crippen LogP contribution in [0.5, 0.6) is 0 Å². The molecule has 0 atom stereocenters. The highest BCUT2D eigenvalue weighted by molar-refractivity contribution is 6.00. The van der Waals surface area contributed by atoms with Gasteiger partial charge in [-0.25, -0.2) is 24.0 Å². The lowest BCUT2D eigenvalue weighted by Gasteiger charge is -2.22. The highest BCUT2D eigenvalue weighted by Gasteiger charge is 2.25. The van der Waals surface area contributed by atoms with Crippen LogP contribution in [0.1, 0.15) is 38.1 Å². The van der Waals surface area contributed by atoms with Crippen molar-refractivity contribution < 1.29 is 4.39 Å². The number of halogens is 1. The predicted molar refractivity (Wildman–Crippen MR) is 128 cm³/mol. The van der Waals surface area contributed by atoms with Crippen LogP contribution in [-0.4, -0.2) is 24.7 Å². The van der Waals surface area contributed by atoms with Gasteiger partial charge in [0.15, 0.2) is 11.5 Å². The number of aromatic nitrogens is 5. The first-order valence-corrected chi connectivity index (χ1v) is 11.3. The molecule has 2 N–H and O–H groups in total. The predicted octanol–water partition coefficient (Wildman–Crippen LogP) is 5.94. The van der Waals surface area contributed by atoms with Crippen molar-refractivity contribution in [2.75, 3.05) is 5.73 Å². The third-order valence-electron chi connectivity index (χ3n) is 6.56. The van der Waals surface area contributed by atoms with Gasteiger partial charge in [0.25, 0.3) is 0 Å². The molecular formula is C26H23FN6. The molecule has 0 radical (unpaired) electrons. The van der Waals surface area contributed by atoms with Gasteiger partial charge in [-0.15, -0.1) is 0 Å². The first-order chi connectivity index (χ1) is 16.2. The number of rotatable bonds is 3. The molecule has 33 heavy (non-hydrogen) atoms. The fraction of sp³-hybridized carbons (Fsp3) is 0.231. The quantitative estimate of drug-likeness (QED) is 0.377. The summed E-state index contributed by atoms with van der Waals surface area (Å²) < 4.78 is 17.9. The molecule has 6 rings (SSSR count). The minimum atomic E-state index is -0.413. The molecule has 0 amide bonds. The molecule has 6 nitrogen and oxygen atoms in total. The molecule has 5 aromatic rings. The number of fused-ring (bicyclic) bond motifs is 2. The van der Waals surface area contributed by atoms with Crippen LogP contribution < -0.4 is 5.73 Å². The summed E-state index contributed by atoms with van der Waals surface area (Å²) in [6.45, 7) is 0. The van der Waals surface area contributed by atoms with Gasteiger partial charge in [-0.2, -0.15) is 5.10 Å². The lowest BCUT2D eigenvalue weighted by Crippen LogP contribution is -2.14. The fourth-order valence-electron chi connectivity index (χ4n) is 4.87. The monoisotopic (exact) mass is 438 g/mol. The molecule has 0 aliphatic heterocycles. The highest BCUT2D eigenvalue weighted by Crippen LogP contribution is 2.38. The van der Waals surface area contributed by atoms with E-state index in [-0.39, 0.29) is 6.04 Å². The Morgan fingerprint density at radius 1 is 0.909 bits per heavy atom. The van der Waals surface area contributed by atoms with Gasteiger partial charge in [-0.3, -0.25) is 0 Å². The molecular weight excluding hydrogens is 415 g/mol. The number of hydrogen-bond acceptors (Lipinski definition) is 5. The van der Waals surface area contributed by atoms with Gasteiger partial charge < -0.3 is 5.73 Å². The standard InChI is InChI=1S/C26H23FN6/c27-22-19(13-11-17-12-14-20(31-23(17)22)16-7-3-1-4-8-16)24-21-25(28)29-15-30-26(21)33(32-24)18-9-5-2-6-10-18/h1,3-4,7-8,11-15,18H,2,5-6,9-10H2,(H2,28,29,30). The van der Waals surface area contributed by atoms with Crippen molar-refractivity contribution in [1.82, 2.24) is 24.7 Å². The molecule has 1 aliphatic carbocycles. The van der Waals surface area contributed by atoms with E-state index >= 15 is 4.39 Å². The third-order valence-corrected chi connectivity index (χ3v) is 6.56. The maximum absolute atomic E-state index is 16.0. The van der Waals surface area contributed by atoms with E-state index < -0.39 is 5.82 Å². The van der Waals surface area contributed by atoms with Crippen LogP contribution in [0.2, 0.25) is 0 Å². The van der Waals surface area contributed by atoms with Gasteiger partial charge in [0.1, 0.15) is 23.4 Å². The van der Waals surface area contributed by atoms with E-state index in [1.807, 2.05) is 53.2 Å². The minimum Gasteiger partial charge on any atom is -0.383 e. The fourth-order valence-corrected chi connectivity index (χ4v) is 4.87. The largest absolute Gasteiger partial charge is 0.383 e. The average Bonchev–Trinajstić information content (AvgIpc) is 3.26. The molecule has 164 valence electrons. The molecule has 2 aromatic carbocycles. The summed E-state index contributed by atoms with van der Waals surface area (Å²) in [7, 11) is 0. The lowest BCUT2D eigenvalue weighted by atomic mass is 9.96. The Bertz CT molecular complexity index is 1470. The average molecular weight is 439 g/mol. The van der Waals surface area contributed by atoms with E-state index in [9.17, 15) is 0 Å². The Kier molecular flexibility index (Phi) is 4.75. The highest BCUT2D eigenvalue weighted by atomic mass is 19.1. The second kappa shape index (κ2) is 7.92. The van der Waals surface area contributed by atoms with Gasteiger partial charge in [-0.05, 0) is 25.0 Å². The Morgan fingerprint density at radius 3 is 2.52 bits per heavy atom. The van der Waals surface area contributed by atoms with E-state index in [1.54, 1.807) is 6.07 Å². The summed E-state index contributed by atoms with van der Waals surface area (Å²) >= 11 is 0. The van der Waals surface area contributed by atoms with E-state index in [0.29, 0.717) is 33.6 Å². The molecule has 7 heteroatoms. The number of benzene rings is 2. The number of nitrogens with zero attached hydrogens (tertiary/aromatic N) is 5. The zero-order valence-corrected chi connectivity index (χ0v) is 18.1. The van der Waals surface area contributed by atoms with Crippen LogP contribution in [0.4, 0.5) is 10.2 Å². The van der Waals surface area contributed by atoms with Crippen molar-refractivity contribution in [3.63, 3.8) is 0 Å². The van der Waals surface area contributed by atoms with Crippen LogP contribution in [0.25, 0.3) is 44.5 Å². The Labute approximate surface area is 190 Å². The third kappa shape index (κ3) is 3.31. The van der Waals surface area contributed by atoms with Crippen molar-refractivity contribution in [3.8, 4) is 22.5 Å². The van der Waals surface area contributed by atoms with E-state index in [4.69, 9.17) is 10.8 Å². The van der Waals surface area contributed by atoms with E-state index in [1.165, 1.54) is 12.7 Å².